The van der Waals surface area contributed by atoms with Crippen LogP contribution in [0, 0.1) is 13.8 Å². The van der Waals surface area contributed by atoms with Gasteiger partial charge in [0.1, 0.15) is 19.0 Å². The molecule has 3 rings (SSSR count). The normalized spacial score (nSPS) is 12.2. The number of carbonyl (C=O) groups is 1. The van der Waals surface area contributed by atoms with Gasteiger partial charge in [-0.3, -0.25) is 0 Å². The van der Waals surface area contributed by atoms with E-state index in [4.69, 9.17) is 32.7 Å². The first kappa shape index (κ1) is 30.1. The van der Waals surface area contributed by atoms with Gasteiger partial charge in [-0.25, -0.2) is 4.79 Å². The van der Waals surface area contributed by atoms with Crippen LogP contribution in [0.15, 0.2) is 59.1 Å². The number of ether oxygens (including phenoxy) is 2. The predicted molar refractivity (Wildman–Crippen MR) is 158 cm³/mol. The first-order valence-corrected chi connectivity index (χ1v) is 14.0. The van der Waals surface area contributed by atoms with Gasteiger partial charge in [-0.15, -0.1) is 0 Å². The lowest BCUT2D eigenvalue weighted by atomic mass is 9.87. The van der Waals surface area contributed by atoms with Crippen LogP contribution >= 0.6 is 39.1 Å². The maximum absolute atomic E-state index is 12.1. The Labute approximate surface area is 243 Å². The number of carboxylic acid groups (broad SMARTS) is 1. The Morgan fingerprint density at radius 3 is 2.13 bits per heavy atom. The van der Waals surface area contributed by atoms with Crippen molar-refractivity contribution in [1.29, 1.82) is 0 Å². The molecule has 1 atom stereocenters. The van der Waals surface area contributed by atoms with Crippen molar-refractivity contribution in [1.82, 2.24) is 4.90 Å². The molecule has 0 heterocycles. The molecular formula is C30H34BrCl2NO4. The third kappa shape index (κ3) is 8.29. The average Bonchev–Trinajstić information content (AvgIpc) is 2.80. The molecule has 1 unspecified atom stereocenters. The summed E-state index contributed by atoms with van der Waals surface area (Å²) in [5, 5.41) is 10.9. The molecule has 1 N–H and O–H groups in total. The molecule has 38 heavy (non-hydrogen) atoms. The Hall–Kier alpha value is -2.41. The molecule has 0 spiro atoms. The van der Waals surface area contributed by atoms with Crippen molar-refractivity contribution in [3.05, 3.63) is 91.4 Å². The summed E-state index contributed by atoms with van der Waals surface area (Å²) in [6.45, 7) is 10.8. The van der Waals surface area contributed by atoms with E-state index in [0.29, 0.717) is 42.0 Å². The van der Waals surface area contributed by atoms with E-state index in [-0.39, 0.29) is 5.92 Å². The number of benzene rings is 3. The van der Waals surface area contributed by atoms with Gasteiger partial charge in [0.2, 0.25) is 0 Å². The maximum atomic E-state index is 12.1. The van der Waals surface area contributed by atoms with E-state index in [1.807, 2.05) is 70.2 Å². The van der Waals surface area contributed by atoms with E-state index in [2.05, 4.69) is 35.0 Å². The fraction of sp³-hybridized carbons (Fsp3) is 0.367. The quantitative estimate of drug-likeness (QED) is 0.229. The molecule has 0 aromatic heterocycles. The molecule has 204 valence electrons. The number of amides is 1. The summed E-state index contributed by atoms with van der Waals surface area (Å²) in [7, 11) is 0. The van der Waals surface area contributed by atoms with Crippen LogP contribution in [0.1, 0.15) is 48.9 Å². The summed E-state index contributed by atoms with van der Waals surface area (Å²) in [4.78, 5) is 13.6. The van der Waals surface area contributed by atoms with Gasteiger partial charge in [0.15, 0.2) is 5.75 Å². The first-order chi connectivity index (χ1) is 17.8. The summed E-state index contributed by atoms with van der Waals surface area (Å²) >= 11 is 16.0. The minimum Gasteiger partial charge on any atom is -0.490 e. The van der Waals surface area contributed by atoms with E-state index in [1.165, 1.54) is 4.90 Å². The molecule has 5 nitrogen and oxygen atoms in total. The molecule has 0 bridgehead atoms. The Morgan fingerprint density at radius 1 is 0.974 bits per heavy atom. The fourth-order valence-electron chi connectivity index (χ4n) is 4.36. The van der Waals surface area contributed by atoms with Crippen molar-refractivity contribution in [3.8, 4) is 11.5 Å². The van der Waals surface area contributed by atoms with Crippen molar-refractivity contribution in [2.75, 3.05) is 19.8 Å². The molecular weight excluding hydrogens is 589 g/mol. The molecule has 0 aliphatic carbocycles. The van der Waals surface area contributed by atoms with Crippen molar-refractivity contribution in [2.45, 2.75) is 52.5 Å². The maximum Gasteiger partial charge on any atom is 0.407 e. The van der Waals surface area contributed by atoms with Gasteiger partial charge in [0, 0.05) is 22.5 Å². The second-order valence-electron chi connectivity index (χ2n) is 10.4. The predicted octanol–water partition coefficient (Wildman–Crippen LogP) is 8.94. The molecule has 8 heteroatoms. The molecule has 0 aliphatic rings. The Morgan fingerprint density at radius 2 is 1.58 bits per heavy atom. The van der Waals surface area contributed by atoms with E-state index in [1.54, 1.807) is 0 Å². The summed E-state index contributed by atoms with van der Waals surface area (Å²) in [6, 6.07) is 17.7. The molecule has 0 saturated carbocycles. The lowest BCUT2D eigenvalue weighted by Crippen LogP contribution is -2.47. The van der Waals surface area contributed by atoms with Gasteiger partial charge in [0.25, 0.3) is 0 Å². The van der Waals surface area contributed by atoms with Crippen LogP contribution in [0.3, 0.4) is 0 Å². The molecule has 3 aromatic rings. The zero-order valence-electron chi connectivity index (χ0n) is 22.4. The Kier molecular flexibility index (Phi) is 10.4. The Bertz CT molecular complexity index is 1240. The minimum atomic E-state index is -0.920. The van der Waals surface area contributed by atoms with Gasteiger partial charge in [-0.1, -0.05) is 57.3 Å². The summed E-state index contributed by atoms with van der Waals surface area (Å²) in [6.07, 6.45) is -0.229. The van der Waals surface area contributed by atoms with Crippen LogP contribution in [0.5, 0.6) is 11.5 Å². The standard InChI is InChI=1S/C30H34BrCl2NO4/c1-19-14-26(32)28(27(33)15-19)38-13-12-37-24-9-6-21(7-10-24)17-22(18-34(29(35)36)30(3,4)5)25-11-8-23(31)16-20(25)2/h6-11,14-16,22H,12-13,17-18H2,1-5H3,(H,35,36). The van der Waals surface area contributed by atoms with Gasteiger partial charge in [0.05, 0.1) is 10.0 Å². The third-order valence-corrected chi connectivity index (χ3v) is 7.32. The van der Waals surface area contributed by atoms with Crippen molar-refractivity contribution >= 4 is 45.2 Å². The van der Waals surface area contributed by atoms with Gasteiger partial charge in [-0.05, 0) is 99.7 Å². The highest BCUT2D eigenvalue weighted by Crippen LogP contribution is 2.34. The third-order valence-electron chi connectivity index (χ3n) is 6.26. The summed E-state index contributed by atoms with van der Waals surface area (Å²) in [5.41, 5.74) is 3.81. The van der Waals surface area contributed by atoms with Gasteiger partial charge >= 0.3 is 6.09 Å². The lowest BCUT2D eigenvalue weighted by Gasteiger charge is -2.36. The van der Waals surface area contributed by atoms with Crippen molar-refractivity contribution in [2.24, 2.45) is 0 Å². The largest absolute Gasteiger partial charge is 0.490 e. The monoisotopic (exact) mass is 621 g/mol. The van der Waals surface area contributed by atoms with E-state index in [9.17, 15) is 9.90 Å². The van der Waals surface area contributed by atoms with Crippen LogP contribution in [0.2, 0.25) is 10.0 Å². The first-order valence-electron chi connectivity index (χ1n) is 12.4. The highest BCUT2D eigenvalue weighted by molar-refractivity contribution is 9.10. The number of aryl methyl sites for hydroxylation is 2. The van der Waals surface area contributed by atoms with E-state index in [0.717, 1.165) is 32.5 Å². The lowest BCUT2D eigenvalue weighted by molar-refractivity contribution is 0.0956. The zero-order chi connectivity index (χ0) is 28.0. The van der Waals surface area contributed by atoms with Crippen LogP contribution in [0.4, 0.5) is 4.79 Å². The number of halogens is 3. The van der Waals surface area contributed by atoms with Gasteiger partial charge < -0.3 is 19.5 Å². The second-order valence-corrected chi connectivity index (χ2v) is 12.1. The fourth-order valence-corrected chi connectivity index (χ4v) is 5.54. The van der Waals surface area contributed by atoms with Crippen molar-refractivity contribution in [3.63, 3.8) is 0 Å². The summed E-state index contributed by atoms with van der Waals surface area (Å²) in [5.74, 6) is 1.16. The number of rotatable bonds is 10. The average molecular weight is 623 g/mol. The highest BCUT2D eigenvalue weighted by Gasteiger charge is 2.30. The highest BCUT2D eigenvalue weighted by atomic mass is 79.9. The SMILES string of the molecule is Cc1cc(Cl)c(OCCOc2ccc(CC(CN(C(=O)O)C(C)(C)C)c3ccc(Br)cc3C)cc2)c(Cl)c1. The van der Waals surface area contributed by atoms with Crippen LogP contribution in [-0.2, 0) is 6.42 Å². The number of nitrogens with zero attached hydrogens (tertiary/aromatic N) is 1. The van der Waals surface area contributed by atoms with Gasteiger partial charge in [-0.2, -0.15) is 0 Å². The second kappa shape index (κ2) is 13.1. The summed E-state index contributed by atoms with van der Waals surface area (Å²) < 4.78 is 12.6. The molecule has 0 aliphatic heterocycles. The van der Waals surface area contributed by atoms with Crippen LogP contribution in [0.25, 0.3) is 0 Å². The molecule has 0 radical (unpaired) electrons. The number of hydrogen-bond acceptors (Lipinski definition) is 3. The number of hydrogen-bond donors (Lipinski definition) is 1. The Balaban J connectivity index is 1.68. The zero-order valence-corrected chi connectivity index (χ0v) is 25.5. The molecule has 3 aromatic carbocycles. The minimum absolute atomic E-state index is 0.0115. The van der Waals surface area contributed by atoms with E-state index < -0.39 is 11.6 Å². The van der Waals surface area contributed by atoms with Crippen molar-refractivity contribution < 1.29 is 19.4 Å². The van der Waals surface area contributed by atoms with Crippen LogP contribution < -0.4 is 9.47 Å². The topological polar surface area (TPSA) is 59.0 Å². The molecule has 1 amide bonds. The smallest absolute Gasteiger partial charge is 0.407 e. The molecule has 0 saturated heterocycles. The molecule has 0 fully saturated rings. The van der Waals surface area contributed by atoms with Crippen LogP contribution in [-0.4, -0.2) is 41.4 Å². The van der Waals surface area contributed by atoms with E-state index >= 15 is 0 Å².